The molecule has 0 atom stereocenters. The number of hydrogen-bond acceptors (Lipinski definition) is 2. The molecule has 0 bridgehead atoms. The van der Waals surface area contributed by atoms with Gasteiger partial charge in [-0.1, -0.05) is 29.9 Å². The highest BCUT2D eigenvalue weighted by molar-refractivity contribution is 5.94. The number of ketones is 1. The van der Waals surface area contributed by atoms with Crippen molar-refractivity contribution in [3.8, 4) is 0 Å². The fraction of sp³-hybridized carbons (Fsp3) is 0.533. The third kappa shape index (κ3) is 8.64. The fourth-order valence-corrected chi connectivity index (χ4v) is 1.43. The lowest BCUT2D eigenvalue weighted by Crippen LogP contribution is -1.98. The predicted molar refractivity (Wildman–Crippen MR) is 72.9 cm³/mol. The van der Waals surface area contributed by atoms with E-state index in [9.17, 15) is 4.79 Å². The number of Topliss-reactive ketones (excluding diaryl/α,β-unsaturated/α-hetero) is 1. The summed E-state index contributed by atoms with van der Waals surface area (Å²) < 4.78 is 0. The minimum absolute atomic E-state index is 0.113. The molecule has 2 heteroatoms. The van der Waals surface area contributed by atoms with E-state index in [0.717, 1.165) is 19.3 Å². The van der Waals surface area contributed by atoms with E-state index in [0.29, 0.717) is 12.0 Å². The standard InChI is InChI=1S/C15H24O2/c1-12(2)15(17)9-8-13(3)6-5-7-14(4)10-11-16/h6,10,16H,1,5,7-9,11H2,2-4H3/b13-6-,14-10+. The molecule has 0 unspecified atom stereocenters. The van der Waals surface area contributed by atoms with Gasteiger partial charge < -0.3 is 5.11 Å². The van der Waals surface area contributed by atoms with Gasteiger partial charge in [0.25, 0.3) is 0 Å². The molecule has 0 saturated heterocycles. The smallest absolute Gasteiger partial charge is 0.158 e. The number of carbonyl (C=O) groups is 1. The molecule has 0 aromatic heterocycles. The Morgan fingerprint density at radius 3 is 2.18 bits per heavy atom. The summed E-state index contributed by atoms with van der Waals surface area (Å²) in [5.74, 6) is 0.147. The number of hydrogen-bond donors (Lipinski definition) is 1. The number of rotatable bonds is 8. The summed E-state index contributed by atoms with van der Waals surface area (Å²) in [5.41, 5.74) is 3.09. The van der Waals surface area contributed by atoms with Gasteiger partial charge in [0, 0.05) is 6.42 Å². The summed E-state index contributed by atoms with van der Waals surface area (Å²) in [4.78, 5) is 11.4. The minimum Gasteiger partial charge on any atom is -0.392 e. The van der Waals surface area contributed by atoms with Crippen LogP contribution in [0.15, 0.2) is 35.5 Å². The van der Waals surface area contributed by atoms with Gasteiger partial charge in [0.1, 0.15) is 0 Å². The SMILES string of the molecule is C=C(C)C(=O)CC/C(C)=C\CC/C(C)=C/CO. The van der Waals surface area contributed by atoms with Crippen LogP contribution in [0.4, 0.5) is 0 Å². The Balaban J connectivity index is 3.91. The highest BCUT2D eigenvalue weighted by atomic mass is 16.2. The van der Waals surface area contributed by atoms with E-state index in [-0.39, 0.29) is 12.4 Å². The quantitative estimate of drug-likeness (QED) is 0.516. The van der Waals surface area contributed by atoms with Crippen LogP contribution in [-0.4, -0.2) is 17.5 Å². The molecule has 0 aliphatic rings. The van der Waals surface area contributed by atoms with E-state index in [2.05, 4.69) is 19.6 Å². The molecule has 2 nitrogen and oxygen atoms in total. The van der Waals surface area contributed by atoms with Crippen molar-refractivity contribution in [1.29, 1.82) is 0 Å². The van der Waals surface area contributed by atoms with E-state index in [1.54, 1.807) is 6.92 Å². The molecule has 0 aliphatic carbocycles. The Hall–Kier alpha value is -1.15. The zero-order valence-electron chi connectivity index (χ0n) is 11.3. The van der Waals surface area contributed by atoms with Crippen LogP contribution < -0.4 is 0 Å². The van der Waals surface area contributed by atoms with Gasteiger partial charge in [-0.25, -0.2) is 0 Å². The van der Waals surface area contributed by atoms with Gasteiger partial charge in [0.2, 0.25) is 0 Å². The Labute approximate surface area is 105 Å². The maximum absolute atomic E-state index is 11.4. The third-order valence-corrected chi connectivity index (χ3v) is 2.69. The van der Waals surface area contributed by atoms with Crippen molar-refractivity contribution in [3.05, 3.63) is 35.5 Å². The van der Waals surface area contributed by atoms with Crippen molar-refractivity contribution in [1.82, 2.24) is 0 Å². The van der Waals surface area contributed by atoms with Gasteiger partial charge >= 0.3 is 0 Å². The van der Waals surface area contributed by atoms with Crippen molar-refractivity contribution in [3.63, 3.8) is 0 Å². The van der Waals surface area contributed by atoms with Gasteiger partial charge in [-0.3, -0.25) is 4.79 Å². The maximum atomic E-state index is 11.4. The normalized spacial score (nSPS) is 12.7. The Morgan fingerprint density at radius 2 is 1.65 bits per heavy atom. The first kappa shape index (κ1) is 15.9. The molecule has 17 heavy (non-hydrogen) atoms. The molecule has 0 aliphatic heterocycles. The van der Waals surface area contributed by atoms with E-state index >= 15 is 0 Å². The van der Waals surface area contributed by atoms with Gasteiger partial charge in [-0.05, 0) is 45.6 Å². The second-order valence-corrected chi connectivity index (χ2v) is 4.53. The Morgan fingerprint density at radius 1 is 1.06 bits per heavy atom. The van der Waals surface area contributed by atoms with Crippen LogP contribution in [0.3, 0.4) is 0 Å². The summed E-state index contributed by atoms with van der Waals surface area (Å²) >= 11 is 0. The average Bonchev–Trinajstić information content (AvgIpc) is 2.26. The van der Waals surface area contributed by atoms with Crippen molar-refractivity contribution in [2.75, 3.05) is 6.61 Å². The molecule has 0 aromatic carbocycles. The molecule has 1 N–H and O–H groups in total. The third-order valence-electron chi connectivity index (χ3n) is 2.69. The van der Waals surface area contributed by atoms with Crippen molar-refractivity contribution >= 4 is 5.78 Å². The molecule has 0 radical (unpaired) electrons. The van der Waals surface area contributed by atoms with Crippen LogP contribution in [0.5, 0.6) is 0 Å². The first-order valence-corrected chi connectivity index (χ1v) is 6.08. The number of aliphatic hydroxyl groups excluding tert-OH is 1. The van der Waals surface area contributed by atoms with Crippen LogP contribution in [0.25, 0.3) is 0 Å². The van der Waals surface area contributed by atoms with Gasteiger partial charge in [-0.2, -0.15) is 0 Å². The van der Waals surface area contributed by atoms with Crippen molar-refractivity contribution in [2.24, 2.45) is 0 Å². The molecule has 0 rings (SSSR count). The molecule has 0 spiro atoms. The maximum Gasteiger partial charge on any atom is 0.158 e. The van der Waals surface area contributed by atoms with Gasteiger partial charge in [0.05, 0.1) is 6.61 Å². The predicted octanol–water partition coefficient (Wildman–Crippen LogP) is 3.58. The van der Waals surface area contributed by atoms with Gasteiger partial charge in [0.15, 0.2) is 5.78 Å². The minimum atomic E-state index is 0.113. The zero-order valence-corrected chi connectivity index (χ0v) is 11.3. The second kappa shape index (κ2) is 8.94. The average molecular weight is 236 g/mol. The molecular formula is C15H24O2. The van der Waals surface area contributed by atoms with E-state index in [4.69, 9.17) is 5.11 Å². The molecule has 0 aromatic rings. The fourth-order valence-electron chi connectivity index (χ4n) is 1.43. The van der Waals surface area contributed by atoms with Crippen LogP contribution in [0.1, 0.15) is 46.5 Å². The van der Waals surface area contributed by atoms with Gasteiger partial charge in [-0.15, -0.1) is 0 Å². The van der Waals surface area contributed by atoms with E-state index < -0.39 is 0 Å². The molecule has 0 amide bonds. The summed E-state index contributed by atoms with van der Waals surface area (Å²) in [6.07, 6.45) is 7.30. The Kier molecular flexibility index (Phi) is 8.34. The second-order valence-electron chi connectivity index (χ2n) is 4.53. The van der Waals surface area contributed by atoms with E-state index in [1.165, 1.54) is 11.1 Å². The summed E-state index contributed by atoms with van der Waals surface area (Å²) in [7, 11) is 0. The largest absolute Gasteiger partial charge is 0.392 e. The van der Waals surface area contributed by atoms with Crippen LogP contribution in [0, 0.1) is 0 Å². The summed E-state index contributed by atoms with van der Waals surface area (Å²) in [5, 5.41) is 8.70. The monoisotopic (exact) mass is 236 g/mol. The molecular weight excluding hydrogens is 212 g/mol. The summed E-state index contributed by atoms with van der Waals surface area (Å²) in [6, 6.07) is 0. The summed E-state index contributed by atoms with van der Waals surface area (Å²) in [6.45, 7) is 9.58. The zero-order chi connectivity index (χ0) is 13.3. The highest BCUT2D eigenvalue weighted by Crippen LogP contribution is 2.11. The molecule has 0 fully saturated rings. The first-order valence-electron chi connectivity index (χ1n) is 6.08. The lowest BCUT2D eigenvalue weighted by Gasteiger charge is -2.02. The number of allylic oxidation sites excluding steroid dienone is 4. The first-order chi connectivity index (χ1) is 7.97. The highest BCUT2D eigenvalue weighted by Gasteiger charge is 2.02. The number of carbonyl (C=O) groups excluding carboxylic acids is 1. The van der Waals surface area contributed by atoms with Crippen molar-refractivity contribution < 1.29 is 9.90 Å². The topological polar surface area (TPSA) is 37.3 Å². The molecule has 96 valence electrons. The van der Waals surface area contributed by atoms with Crippen LogP contribution in [-0.2, 0) is 4.79 Å². The van der Waals surface area contributed by atoms with Crippen LogP contribution in [0.2, 0.25) is 0 Å². The molecule has 0 saturated carbocycles. The van der Waals surface area contributed by atoms with Crippen LogP contribution >= 0.6 is 0 Å². The van der Waals surface area contributed by atoms with Crippen molar-refractivity contribution in [2.45, 2.75) is 46.5 Å². The van der Waals surface area contributed by atoms with E-state index in [1.807, 2.05) is 13.0 Å². The lowest BCUT2D eigenvalue weighted by atomic mass is 10.0. The Bertz CT molecular complexity index is 322. The number of aliphatic hydroxyl groups is 1. The molecule has 0 heterocycles. The lowest BCUT2D eigenvalue weighted by molar-refractivity contribution is -0.115.